The first-order valence-electron chi connectivity index (χ1n) is 4.16. The molecule has 70 valence electrons. The fraction of sp³-hybridized carbons (Fsp3) is 0.875. The van der Waals surface area contributed by atoms with E-state index in [0.717, 1.165) is 19.4 Å². The summed E-state index contributed by atoms with van der Waals surface area (Å²) in [5.41, 5.74) is 0. The zero-order chi connectivity index (χ0) is 8.97. The number of hydrogen-bond donors (Lipinski definition) is 1. The predicted octanol–water partition coefficient (Wildman–Crippen LogP) is 0.655. The number of carboxylic acid groups (broad SMARTS) is 1. The van der Waals surface area contributed by atoms with Gasteiger partial charge in [-0.2, -0.15) is 0 Å². The van der Waals surface area contributed by atoms with Crippen LogP contribution in [0.1, 0.15) is 19.8 Å². The SMILES string of the molecule is C[C@H](OC[C@H]1CCCO1)C(=O)O. The van der Waals surface area contributed by atoms with Crippen molar-refractivity contribution in [2.24, 2.45) is 0 Å². The molecule has 0 aromatic rings. The highest BCUT2D eigenvalue weighted by molar-refractivity contribution is 5.71. The summed E-state index contributed by atoms with van der Waals surface area (Å²) >= 11 is 0. The maximum Gasteiger partial charge on any atom is 0.332 e. The smallest absolute Gasteiger partial charge is 0.332 e. The lowest BCUT2D eigenvalue weighted by Gasteiger charge is -2.12. The van der Waals surface area contributed by atoms with Gasteiger partial charge in [-0.25, -0.2) is 4.79 Å². The Labute approximate surface area is 71.5 Å². The molecule has 0 aliphatic carbocycles. The Bertz CT molecular complexity index is 151. The minimum atomic E-state index is -0.923. The molecule has 0 saturated carbocycles. The number of rotatable bonds is 4. The second-order valence-corrected chi connectivity index (χ2v) is 2.95. The first kappa shape index (κ1) is 9.48. The predicted molar refractivity (Wildman–Crippen MR) is 42.0 cm³/mol. The van der Waals surface area contributed by atoms with Crippen LogP contribution in [0.5, 0.6) is 0 Å². The molecule has 4 heteroatoms. The monoisotopic (exact) mass is 174 g/mol. The third-order valence-corrected chi connectivity index (χ3v) is 1.90. The molecule has 12 heavy (non-hydrogen) atoms. The van der Waals surface area contributed by atoms with E-state index < -0.39 is 12.1 Å². The molecule has 1 heterocycles. The highest BCUT2D eigenvalue weighted by Gasteiger charge is 2.18. The van der Waals surface area contributed by atoms with Gasteiger partial charge < -0.3 is 14.6 Å². The Kier molecular flexibility index (Phi) is 3.49. The van der Waals surface area contributed by atoms with Crippen LogP contribution in [0.3, 0.4) is 0 Å². The van der Waals surface area contributed by atoms with Crippen molar-refractivity contribution in [1.82, 2.24) is 0 Å². The Hall–Kier alpha value is -0.610. The molecular weight excluding hydrogens is 160 g/mol. The topological polar surface area (TPSA) is 55.8 Å². The van der Waals surface area contributed by atoms with Gasteiger partial charge in [-0.3, -0.25) is 0 Å². The van der Waals surface area contributed by atoms with Crippen molar-refractivity contribution < 1.29 is 19.4 Å². The lowest BCUT2D eigenvalue weighted by Crippen LogP contribution is -2.25. The molecule has 0 aromatic heterocycles. The number of ether oxygens (including phenoxy) is 2. The standard InChI is InChI=1S/C8H14O4/c1-6(8(9)10)12-5-7-3-2-4-11-7/h6-7H,2-5H2,1H3,(H,9,10)/t6-,7+/m0/s1. The van der Waals surface area contributed by atoms with Gasteiger partial charge in [0.05, 0.1) is 12.7 Å². The van der Waals surface area contributed by atoms with Crippen LogP contribution in [-0.4, -0.2) is 36.5 Å². The van der Waals surface area contributed by atoms with E-state index in [9.17, 15) is 4.79 Å². The van der Waals surface area contributed by atoms with Crippen molar-refractivity contribution in [1.29, 1.82) is 0 Å². The molecule has 0 aromatic carbocycles. The summed E-state index contributed by atoms with van der Waals surface area (Å²) in [6, 6.07) is 0. The first-order valence-corrected chi connectivity index (χ1v) is 4.16. The normalized spacial score (nSPS) is 25.6. The summed E-state index contributed by atoms with van der Waals surface area (Å²) in [6.07, 6.45) is 1.41. The molecule has 1 saturated heterocycles. The van der Waals surface area contributed by atoms with Crippen molar-refractivity contribution in [3.63, 3.8) is 0 Å². The quantitative estimate of drug-likeness (QED) is 0.680. The summed E-state index contributed by atoms with van der Waals surface area (Å²) in [4.78, 5) is 10.3. The van der Waals surface area contributed by atoms with Crippen LogP contribution in [0.25, 0.3) is 0 Å². The van der Waals surface area contributed by atoms with Gasteiger partial charge in [0.2, 0.25) is 0 Å². The number of carbonyl (C=O) groups is 1. The summed E-state index contributed by atoms with van der Waals surface area (Å²) in [7, 11) is 0. The third-order valence-electron chi connectivity index (χ3n) is 1.90. The third kappa shape index (κ3) is 2.79. The summed E-state index contributed by atoms with van der Waals surface area (Å²) in [6.45, 7) is 2.69. The van der Waals surface area contributed by atoms with Gasteiger partial charge in [0.25, 0.3) is 0 Å². The zero-order valence-corrected chi connectivity index (χ0v) is 7.16. The highest BCUT2D eigenvalue weighted by atomic mass is 16.5. The molecule has 0 spiro atoms. The average molecular weight is 174 g/mol. The lowest BCUT2D eigenvalue weighted by molar-refractivity contribution is -0.150. The van der Waals surface area contributed by atoms with E-state index in [1.165, 1.54) is 6.92 Å². The lowest BCUT2D eigenvalue weighted by atomic mass is 10.2. The highest BCUT2D eigenvalue weighted by Crippen LogP contribution is 2.12. The van der Waals surface area contributed by atoms with Gasteiger partial charge in [0.15, 0.2) is 6.10 Å². The summed E-state index contributed by atoms with van der Waals surface area (Å²) < 4.78 is 10.3. The fourth-order valence-corrected chi connectivity index (χ4v) is 1.10. The van der Waals surface area contributed by atoms with Crippen LogP contribution >= 0.6 is 0 Å². The van der Waals surface area contributed by atoms with Gasteiger partial charge in [-0.1, -0.05) is 0 Å². The largest absolute Gasteiger partial charge is 0.479 e. The number of carboxylic acids is 1. The van der Waals surface area contributed by atoms with Gasteiger partial charge in [0, 0.05) is 6.61 Å². The minimum Gasteiger partial charge on any atom is -0.479 e. The number of hydrogen-bond acceptors (Lipinski definition) is 3. The van der Waals surface area contributed by atoms with Crippen molar-refractivity contribution in [3.8, 4) is 0 Å². The fourth-order valence-electron chi connectivity index (χ4n) is 1.10. The molecule has 1 N–H and O–H groups in total. The van der Waals surface area contributed by atoms with Crippen LogP contribution in [-0.2, 0) is 14.3 Å². The van der Waals surface area contributed by atoms with E-state index >= 15 is 0 Å². The molecular formula is C8H14O4. The van der Waals surface area contributed by atoms with E-state index in [0.29, 0.717) is 6.61 Å². The molecule has 4 nitrogen and oxygen atoms in total. The second-order valence-electron chi connectivity index (χ2n) is 2.95. The van der Waals surface area contributed by atoms with E-state index in [4.69, 9.17) is 14.6 Å². The first-order chi connectivity index (χ1) is 5.70. The van der Waals surface area contributed by atoms with Crippen LogP contribution < -0.4 is 0 Å². The molecule has 0 amide bonds. The van der Waals surface area contributed by atoms with E-state index in [-0.39, 0.29) is 6.10 Å². The maximum absolute atomic E-state index is 10.3. The number of aliphatic carboxylic acids is 1. The van der Waals surface area contributed by atoms with E-state index in [1.54, 1.807) is 0 Å². The van der Waals surface area contributed by atoms with Crippen LogP contribution in [0.15, 0.2) is 0 Å². The van der Waals surface area contributed by atoms with Crippen LogP contribution in [0, 0.1) is 0 Å². The average Bonchev–Trinajstić information content (AvgIpc) is 2.51. The molecule has 1 fully saturated rings. The Morgan fingerprint density at radius 1 is 1.83 bits per heavy atom. The maximum atomic E-state index is 10.3. The molecule has 0 bridgehead atoms. The molecule has 1 aliphatic rings. The Morgan fingerprint density at radius 2 is 2.58 bits per heavy atom. The molecule has 2 atom stereocenters. The minimum absolute atomic E-state index is 0.104. The second kappa shape index (κ2) is 4.42. The van der Waals surface area contributed by atoms with Gasteiger partial charge in [-0.15, -0.1) is 0 Å². The van der Waals surface area contributed by atoms with E-state index in [2.05, 4.69) is 0 Å². The molecule has 0 unspecified atom stereocenters. The van der Waals surface area contributed by atoms with Crippen LogP contribution in [0.2, 0.25) is 0 Å². The summed E-state index contributed by atoms with van der Waals surface area (Å²) in [5.74, 6) is -0.923. The van der Waals surface area contributed by atoms with Gasteiger partial charge in [0.1, 0.15) is 0 Å². The summed E-state index contributed by atoms with van der Waals surface area (Å²) in [5, 5.41) is 8.49. The van der Waals surface area contributed by atoms with E-state index in [1.807, 2.05) is 0 Å². The van der Waals surface area contributed by atoms with Gasteiger partial charge >= 0.3 is 5.97 Å². The van der Waals surface area contributed by atoms with Crippen molar-refractivity contribution >= 4 is 5.97 Å². The Morgan fingerprint density at radius 3 is 3.08 bits per heavy atom. The van der Waals surface area contributed by atoms with Gasteiger partial charge in [-0.05, 0) is 19.8 Å². The van der Waals surface area contributed by atoms with Crippen molar-refractivity contribution in [2.75, 3.05) is 13.2 Å². The Balaban J connectivity index is 2.11. The van der Waals surface area contributed by atoms with Crippen molar-refractivity contribution in [3.05, 3.63) is 0 Å². The molecule has 0 radical (unpaired) electrons. The van der Waals surface area contributed by atoms with Crippen LogP contribution in [0.4, 0.5) is 0 Å². The molecule has 1 aliphatic heterocycles. The molecule has 1 rings (SSSR count). The zero-order valence-electron chi connectivity index (χ0n) is 7.16. The van der Waals surface area contributed by atoms with Crippen molar-refractivity contribution in [2.45, 2.75) is 32.0 Å².